The molecule has 3 aromatic rings. The lowest BCUT2D eigenvalue weighted by Crippen LogP contribution is -2.27. The quantitative estimate of drug-likeness (QED) is 0.726. The van der Waals surface area contributed by atoms with E-state index >= 15 is 0 Å². The maximum atomic E-state index is 6.57. The fraction of sp³-hybridized carbons (Fsp3) is 0.316. The lowest BCUT2D eigenvalue weighted by atomic mass is 10.1. The molecule has 0 radical (unpaired) electrons. The first-order valence-electron chi connectivity index (χ1n) is 8.54. The van der Waals surface area contributed by atoms with E-state index in [9.17, 15) is 0 Å². The smallest absolute Gasteiger partial charge is 0.193 e. The van der Waals surface area contributed by atoms with Gasteiger partial charge in [-0.05, 0) is 37.4 Å². The zero-order valence-electron chi connectivity index (χ0n) is 14.2. The summed E-state index contributed by atoms with van der Waals surface area (Å²) in [5, 5.41) is 12.8. The molecule has 2 aromatic carbocycles. The number of hydrogen-bond donors (Lipinski definition) is 1. The molecule has 0 saturated heterocycles. The molecule has 4 rings (SSSR count). The van der Waals surface area contributed by atoms with E-state index in [4.69, 9.17) is 10.2 Å². The summed E-state index contributed by atoms with van der Waals surface area (Å²) in [4.78, 5) is 4.85. The van der Waals surface area contributed by atoms with E-state index in [0.29, 0.717) is 0 Å². The monoisotopic (exact) mass is 339 g/mol. The lowest BCUT2D eigenvalue weighted by Gasteiger charge is -2.17. The van der Waals surface area contributed by atoms with Crippen LogP contribution in [0, 0.1) is 0 Å². The van der Waals surface area contributed by atoms with Crippen LogP contribution in [-0.2, 0) is 17.6 Å². The molecule has 0 fully saturated rings. The second-order valence-electron chi connectivity index (χ2n) is 6.08. The standard InChI is InChI=1S/C19H23N4S/c1-3-22(4-2)12-13-23-15-9-7-11-17-18(15)19(21-23)14-8-5-6-10-16(14)24(17)20/h5-11H,3-4,12-13,20H2,1-2H3/q+1. The molecule has 124 valence electrons. The van der Waals surface area contributed by atoms with Gasteiger partial charge in [0, 0.05) is 6.54 Å². The largest absolute Gasteiger partial charge is 0.302 e. The van der Waals surface area contributed by atoms with Gasteiger partial charge >= 0.3 is 0 Å². The van der Waals surface area contributed by atoms with Crippen LogP contribution < -0.4 is 5.14 Å². The fourth-order valence-electron chi connectivity index (χ4n) is 3.49. The van der Waals surface area contributed by atoms with E-state index in [1.807, 2.05) is 0 Å². The molecule has 2 heterocycles. The zero-order valence-corrected chi connectivity index (χ0v) is 15.0. The molecule has 0 spiro atoms. The molecule has 0 amide bonds. The second kappa shape index (κ2) is 6.24. The summed E-state index contributed by atoms with van der Waals surface area (Å²) >= 11 is -0.380. The van der Waals surface area contributed by atoms with Crippen molar-refractivity contribution in [3.05, 3.63) is 42.5 Å². The Kier molecular flexibility index (Phi) is 4.08. The highest BCUT2D eigenvalue weighted by atomic mass is 32.2. The zero-order chi connectivity index (χ0) is 16.7. The van der Waals surface area contributed by atoms with Crippen molar-refractivity contribution in [2.45, 2.75) is 30.2 Å². The van der Waals surface area contributed by atoms with Crippen LogP contribution in [-0.4, -0.2) is 34.3 Å². The number of hydrogen-bond acceptors (Lipinski definition) is 3. The van der Waals surface area contributed by atoms with Gasteiger partial charge in [0.15, 0.2) is 9.79 Å². The summed E-state index contributed by atoms with van der Waals surface area (Å²) in [6.07, 6.45) is 0. The minimum absolute atomic E-state index is 0.380. The first-order chi connectivity index (χ1) is 11.7. The molecular weight excluding hydrogens is 316 g/mol. The van der Waals surface area contributed by atoms with Crippen molar-refractivity contribution in [3.8, 4) is 11.3 Å². The van der Waals surface area contributed by atoms with Gasteiger partial charge in [-0.25, -0.2) is 0 Å². The Morgan fingerprint density at radius 2 is 1.79 bits per heavy atom. The maximum Gasteiger partial charge on any atom is 0.193 e. The van der Waals surface area contributed by atoms with E-state index in [0.717, 1.165) is 31.9 Å². The number of rotatable bonds is 5. The molecule has 1 aliphatic rings. The van der Waals surface area contributed by atoms with Gasteiger partial charge in [-0.15, -0.1) is 5.14 Å². The van der Waals surface area contributed by atoms with E-state index < -0.39 is 0 Å². The van der Waals surface area contributed by atoms with Crippen molar-refractivity contribution < 1.29 is 0 Å². The topological polar surface area (TPSA) is 47.1 Å². The highest BCUT2D eigenvalue weighted by molar-refractivity contribution is 7.95. The van der Waals surface area contributed by atoms with Crippen molar-refractivity contribution in [1.29, 1.82) is 0 Å². The Morgan fingerprint density at radius 3 is 2.58 bits per heavy atom. The van der Waals surface area contributed by atoms with Crippen LogP contribution in [0.3, 0.4) is 0 Å². The fourth-order valence-corrected chi connectivity index (χ4v) is 5.00. The Morgan fingerprint density at radius 1 is 1.04 bits per heavy atom. The third-order valence-corrected chi connectivity index (χ3v) is 6.52. The predicted molar refractivity (Wildman–Crippen MR) is 101 cm³/mol. The molecule has 5 heteroatoms. The van der Waals surface area contributed by atoms with Gasteiger partial charge in [0.05, 0.1) is 23.0 Å². The van der Waals surface area contributed by atoms with Crippen LogP contribution in [0.15, 0.2) is 52.3 Å². The first-order valence-corrected chi connectivity index (χ1v) is 9.83. The summed E-state index contributed by atoms with van der Waals surface area (Å²) in [7, 11) is 0. The Labute approximate surface area is 145 Å². The Bertz CT molecular complexity index is 882. The summed E-state index contributed by atoms with van der Waals surface area (Å²) in [6, 6.07) is 14.9. The average Bonchev–Trinajstić information content (AvgIpc) is 3.00. The van der Waals surface area contributed by atoms with Crippen LogP contribution >= 0.6 is 0 Å². The third-order valence-electron chi connectivity index (χ3n) is 4.88. The number of aromatic nitrogens is 2. The summed E-state index contributed by atoms with van der Waals surface area (Å²) in [5.74, 6) is 0. The molecule has 24 heavy (non-hydrogen) atoms. The second-order valence-corrected chi connectivity index (χ2v) is 7.64. The predicted octanol–water partition coefficient (Wildman–Crippen LogP) is 3.27. The van der Waals surface area contributed by atoms with Gasteiger partial charge in [-0.2, -0.15) is 5.10 Å². The van der Waals surface area contributed by atoms with Crippen molar-refractivity contribution >= 4 is 22.0 Å². The molecule has 0 saturated carbocycles. The van der Waals surface area contributed by atoms with Crippen LogP contribution in [0.4, 0.5) is 0 Å². The van der Waals surface area contributed by atoms with Gasteiger partial charge in [-0.3, -0.25) is 4.68 Å². The maximum absolute atomic E-state index is 6.57. The Balaban J connectivity index is 1.84. The van der Waals surface area contributed by atoms with E-state index in [1.165, 1.54) is 26.3 Å². The van der Waals surface area contributed by atoms with Gasteiger partial charge in [-0.1, -0.05) is 32.0 Å². The summed E-state index contributed by atoms with van der Waals surface area (Å²) in [5.41, 5.74) is 3.48. The number of likely N-dealkylation sites (N-methyl/N-ethyl adjacent to an activating group) is 1. The Hall–Kier alpha value is -1.82. The molecule has 0 bridgehead atoms. The van der Waals surface area contributed by atoms with Gasteiger partial charge in [0.25, 0.3) is 0 Å². The van der Waals surface area contributed by atoms with Crippen LogP contribution in [0.5, 0.6) is 0 Å². The van der Waals surface area contributed by atoms with E-state index in [2.05, 4.69) is 65.9 Å². The van der Waals surface area contributed by atoms with Crippen molar-refractivity contribution in [3.63, 3.8) is 0 Å². The highest BCUT2D eigenvalue weighted by Crippen LogP contribution is 2.42. The van der Waals surface area contributed by atoms with Gasteiger partial charge in [0.2, 0.25) is 0 Å². The van der Waals surface area contributed by atoms with Crippen molar-refractivity contribution in [2.24, 2.45) is 5.14 Å². The van der Waals surface area contributed by atoms with Gasteiger partial charge < -0.3 is 4.90 Å². The van der Waals surface area contributed by atoms with Crippen LogP contribution in [0.2, 0.25) is 0 Å². The number of nitrogens with two attached hydrogens (primary N) is 1. The minimum atomic E-state index is -0.380. The molecule has 4 nitrogen and oxygen atoms in total. The molecule has 1 aliphatic heterocycles. The van der Waals surface area contributed by atoms with Crippen LogP contribution in [0.1, 0.15) is 13.8 Å². The SMILES string of the molecule is CCN(CC)CCn1nc2c3c(cccc31)[S+](N)c1ccccc1-2. The molecule has 1 aromatic heterocycles. The number of nitrogens with zero attached hydrogens (tertiary/aromatic N) is 3. The highest BCUT2D eigenvalue weighted by Gasteiger charge is 2.36. The molecule has 0 aliphatic carbocycles. The lowest BCUT2D eigenvalue weighted by molar-refractivity contribution is 0.287. The molecule has 1 atom stereocenters. The number of benzene rings is 2. The van der Waals surface area contributed by atoms with Crippen LogP contribution in [0.25, 0.3) is 22.2 Å². The van der Waals surface area contributed by atoms with Crippen molar-refractivity contribution in [1.82, 2.24) is 14.7 Å². The normalized spacial score (nSPS) is 15.9. The molecule has 2 N–H and O–H groups in total. The summed E-state index contributed by atoms with van der Waals surface area (Å²) in [6.45, 7) is 8.48. The number of fused-ring (bicyclic) bond motifs is 2. The molecule has 1 unspecified atom stereocenters. The van der Waals surface area contributed by atoms with E-state index in [1.54, 1.807) is 0 Å². The van der Waals surface area contributed by atoms with Crippen molar-refractivity contribution in [2.75, 3.05) is 19.6 Å². The average molecular weight is 339 g/mol. The summed E-state index contributed by atoms with van der Waals surface area (Å²) < 4.78 is 2.16. The first kappa shape index (κ1) is 15.7. The van der Waals surface area contributed by atoms with E-state index in [-0.39, 0.29) is 11.1 Å². The van der Waals surface area contributed by atoms with Gasteiger partial charge in [0.1, 0.15) is 16.8 Å². The minimum Gasteiger partial charge on any atom is -0.302 e. The molecular formula is C19H23N4S+. The third kappa shape index (κ3) is 2.35.